The lowest BCUT2D eigenvalue weighted by Crippen LogP contribution is -2.19. The largest absolute Gasteiger partial charge is 0.466 e. The SMILES string of the molecule is CNC(c1cccc(C2CCC2)c1)c1c(C)oc(C)c1C. The van der Waals surface area contributed by atoms with Gasteiger partial charge in [-0.15, -0.1) is 0 Å². The molecule has 0 aliphatic heterocycles. The van der Waals surface area contributed by atoms with E-state index in [0.717, 1.165) is 17.4 Å². The van der Waals surface area contributed by atoms with E-state index in [0.29, 0.717) is 0 Å². The van der Waals surface area contributed by atoms with Gasteiger partial charge in [-0.3, -0.25) is 0 Å². The highest BCUT2D eigenvalue weighted by atomic mass is 16.3. The van der Waals surface area contributed by atoms with Crippen molar-refractivity contribution in [1.29, 1.82) is 0 Å². The first-order valence-electron chi connectivity index (χ1n) is 7.95. The monoisotopic (exact) mass is 283 g/mol. The van der Waals surface area contributed by atoms with Crippen LogP contribution in [0.15, 0.2) is 28.7 Å². The molecule has 21 heavy (non-hydrogen) atoms. The second-order valence-electron chi connectivity index (χ2n) is 6.27. The van der Waals surface area contributed by atoms with Crippen molar-refractivity contribution in [1.82, 2.24) is 5.32 Å². The predicted octanol–water partition coefficient (Wildman–Crippen LogP) is 4.78. The summed E-state index contributed by atoms with van der Waals surface area (Å²) in [6.45, 7) is 6.26. The molecule has 2 heteroatoms. The Bertz CT molecular complexity index is 637. The number of hydrogen-bond acceptors (Lipinski definition) is 2. The Morgan fingerprint density at radius 1 is 1.14 bits per heavy atom. The van der Waals surface area contributed by atoms with E-state index in [1.54, 1.807) is 0 Å². The molecule has 1 aliphatic rings. The van der Waals surface area contributed by atoms with Gasteiger partial charge in [-0.25, -0.2) is 0 Å². The summed E-state index contributed by atoms with van der Waals surface area (Å²) in [6, 6.07) is 9.30. The van der Waals surface area contributed by atoms with Gasteiger partial charge < -0.3 is 9.73 Å². The molecule has 0 radical (unpaired) electrons. The molecule has 0 spiro atoms. The molecular formula is C19H25NO. The number of hydrogen-bond donors (Lipinski definition) is 1. The van der Waals surface area contributed by atoms with Crippen molar-refractivity contribution in [2.75, 3.05) is 7.05 Å². The van der Waals surface area contributed by atoms with Crippen LogP contribution in [0, 0.1) is 20.8 Å². The first kappa shape index (κ1) is 14.4. The van der Waals surface area contributed by atoms with E-state index in [1.807, 2.05) is 14.0 Å². The highest BCUT2D eigenvalue weighted by Crippen LogP contribution is 2.38. The van der Waals surface area contributed by atoms with Gasteiger partial charge in [-0.2, -0.15) is 0 Å². The van der Waals surface area contributed by atoms with Crippen molar-refractivity contribution in [2.24, 2.45) is 0 Å². The Morgan fingerprint density at radius 2 is 1.90 bits per heavy atom. The van der Waals surface area contributed by atoms with Crippen LogP contribution < -0.4 is 5.32 Å². The molecular weight excluding hydrogens is 258 g/mol. The normalized spacial score (nSPS) is 16.8. The molecule has 1 saturated carbocycles. The van der Waals surface area contributed by atoms with Gasteiger partial charge in [0.15, 0.2) is 0 Å². The van der Waals surface area contributed by atoms with Gasteiger partial charge >= 0.3 is 0 Å². The zero-order valence-electron chi connectivity index (χ0n) is 13.5. The molecule has 2 nitrogen and oxygen atoms in total. The van der Waals surface area contributed by atoms with E-state index >= 15 is 0 Å². The molecule has 3 rings (SSSR count). The van der Waals surface area contributed by atoms with Gasteiger partial charge in [0.1, 0.15) is 11.5 Å². The zero-order valence-corrected chi connectivity index (χ0v) is 13.5. The molecule has 1 unspecified atom stereocenters. The minimum absolute atomic E-state index is 0.211. The summed E-state index contributed by atoms with van der Waals surface area (Å²) in [5, 5.41) is 3.47. The molecule has 1 N–H and O–H groups in total. The summed E-state index contributed by atoms with van der Waals surface area (Å²) >= 11 is 0. The van der Waals surface area contributed by atoms with Gasteiger partial charge in [0.05, 0.1) is 6.04 Å². The summed E-state index contributed by atoms with van der Waals surface area (Å²) < 4.78 is 5.82. The van der Waals surface area contributed by atoms with E-state index < -0.39 is 0 Å². The lowest BCUT2D eigenvalue weighted by atomic mass is 9.79. The molecule has 1 fully saturated rings. The molecule has 0 amide bonds. The highest BCUT2D eigenvalue weighted by Gasteiger charge is 2.24. The molecule has 112 valence electrons. The van der Waals surface area contributed by atoms with Crippen LogP contribution in [-0.4, -0.2) is 7.05 Å². The summed E-state index contributed by atoms with van der Waals surface area (Å²) in [6.07, 6.45) is 4.07. The van der Waals surface area contributed by atoms with Gasteiger partial charge in [0, 0.05) is 5.56 Å². The second-order valence-corrected chi connectivity index (χ2v) is 6.27. The Labute approximate surface area is 127 Å². The Morgan fingerprint density at radius 3 is 2.43 bits per heavy atom. The van der Waals surface area contributed by atoms with E-state index in [1.165, 1.54) is 41.5 Å². The van der Waals surface area contributed by atoms with E-state index in [4.69, 9.17) is 4.42 Å². The van der Waals surface area contributed by atoms with Gasteiger partial charge in [0.2, 0.25) is 0 Å². The number of benzene rings is 1. The number of nitrogens with one attached hydrogen (secondary N) is 1. The van der Waals surface area contributed by atoms with E-state index in [-0.39, 0.29) is 6.04 Å². The first-order valence-corrected chi connectivity index (χ1v) is 7.95. The van der Waals surface area contributed by atoms with E-state index in [9.17, 15) is 0 Å². The zero-order chi connectivity index (χ0) is 15.0. The standard InChI is InChI=1S/C19H25NO/c1-12-13(2)21-14(3)18(12)19(20-4)17-10-6-9-16(11-17)15-7-5-8-15/h6,9-11,15,19-20H,5,7-8H2,1-4H3. The fourth-order valence-electron chi connectivity index (χ4n) is 3.45. The third-order valence-corrected chi connectivity index (χ3v) is 5.02. The number of aryl methyl sites for hydroxylation is 2. The third kappa shape index (κ3) is 2.53. The Balaban J connectivity index is 1.99. The maximum absolute atomic E-state index is 5.82. The fourth-order valence-corrected chi connectivity index (χ4v) is 3.45. The van der Waals surface area contributed by atoms with Crippen molar-refractivity contribution in [3.63, 3.8) is 0 Å². The summed E-state index contributed by atoms with van der Waals surface area (Å²) in [5.41, 5.74) is 5.39. The molecule has 0 bridgehead atoms. The van der Waals surface area contributed by atoms with Crippen molar-refractivity contribution < 1.29 is 4.42 Å². The smallest absolute Gasteiger partial charge is 0.106 e. The van der Waals surface area contributed by atoms with Crippen LogP contribution in [0.25, 0.3) is 0 Å². The van der Waals surface area contributed by atoms with Crippen LogP contribution in [0.3, 0.4) is 0 Å². The highest BCUT2D eigenvalue weighted by molar-refractivity contribution is 5.42. The van der Waals surface area contributed by atoms with Crippen molar-refractivity contribution >= 4 is 0 Å². The average Bonchev–Trinajstić information content (AvgIpc) is 2.65. The molecule has 0 saturated heterocycles. The second kappa shape index (κ2) is 5.69. The van der Waals surface area contributed by atoms with Crippen LogP contribution in [0.2, 0.25) is 0 Å². The molecule has 1 heterocycles. The topological polar surface area (TPSA) is 25.2 Å². The molecule has 1 aromatic carbocycles. The van der Waals surface area contributed by atoms with Crippen LogP contribution in [-0.2, 0) is 0 Å². The molecule has 2 aromatic rings. The molecule has 1 aliphatic carbocycles. The van der Waals surface area contributed by atoms with Crippen LogP contribution >= 0.6 is 0 Å². The van der Waals surface area contributed by atoms with Crippen molar-refractivity contribution in [2.45, 2.75) is 52.0 Å². The lowest BCUT2D eigenvalue weighted by molar-refractivity contribution is 0.419. The van der Waals surface area contributed by atoms with Gasteiger partial charge in [-0.05, 0) is 63.3 Å². The Hall–Kier alpha value is -1.54. The quantitative estimate of drug-likeness (QED) is 0.873. The average molecular weight is 283 g/mol. The van der Waals surface area contributed by atoms with Crippen molar-refractivity contribution in [3.05, 3.63) is 58.0 Å². The lowest BCUT2D eigenvalue weighted by Gasteiger charge is -2.27. The first-order chi connectivity index (χ1) is 10.1. The summed E-state index contributed by atoms with van der Waals surface area (Å²) in [7, 11) is 2.03. The van der Waals surface area contributed by atoms with Crippen molar-refractivity contribution in [3.8, 4) is 0 Å². The van der Waals surface area contributed by atoms with Crippen LogP contribution in [0.4, 0.5) is 0 Å². The number of rotatable bonds is 4. The molecule has 1 aromatic heterocycles. The van der Waals surface area contributed by atoms with Crippen LogP contribution in [0.1, 0.15) is 65.0 Å². The van der Waals surface area contributed by atoms with Gasteiger partial charge in [-0.1, -0.05) is 30.7 Å². The third-order valence-electron chi connectivity index (χ3n) is 5.02. The molecule has 1 atom stereocenters. The van der Waals surface area contributed by atoms with Gasteiger partial charge in [0.25, 0.3) is 0 Å². The fraction of sp³-hybridized carbons (Fsp3) is 0.474. The van der Waals surface area contributed by atoms with E-state index in [2.05, 4.69) is 43.4 Å². The summed E-state index contributed by atoms with van der Waals surface area (Å²) in [4.78, 5) is 0. The minimum Gasteiger partial charge on any atom is -0.466 e. The summed E-state index contributed by atoms with van der Waals surface area (Å²) in [5.74, 6) is 2.83. The number of furan rings is 1. The van der Waals surface area contributed by atoms with Crippen LogP contribution in [0.5, 0.6) is 0 Å². The maximum Gasteiger partial charge on any atom is 0.106 e. The maximum atomic E-state index is 5.82. The minimum atomic E-state index is 0.211. The predicted molar refractivity (Wildman–Crippen MR) is 86.9 cm³/mol. The Kier molecular flexibility index (Phi) is 3.90.